The van der Waals surface area contributed by atoms with Gasteiger partial charge in [-0.2, -0.15) is 5.10 Å². The van der Waals surface area contributed by atoms with E-state index in [9.17, 15) is 14.4 Å². The molecule has 2 aromatic carbocycles. The van der Waals surface area contributed by atoms with Gasteiger partial charge < -0.3 is 10.1 Å². The molecule has 1 N–H and O–H groups in total. The van der Waals surface area contributed by atoms with Gasteiger partial charge in [0.2, 0.25) is 0 Å². The molecule has 180 valence electrons. The first-order valence-corrected chi connectivity index (χ1v) is 12.0. The number of esters is 1. The van der Waals surface area contributed by atoms with E-state index in [1.54, 1.807) is 4.68 Å². The van der Waals surface area contributed by atoms with Crippen molar-refractivity contribution in [3.63, 3.8) is 0 Å². The monoisotopic (exact) mass is 472 g/mol. The lowest BCUT2D eigenvalue weighted by molar-refractivity contribution is -0.149. The second-order valence-corrected chi connectivity index (χ2v) is 9.25. The number of aromatic nitrogens is 2. The van der Waals surface area contributed by atoms with Crippen LogP contribution in [0.4, 0.5) is 4.79 Å². The largest absolute Gasteiger partial charge is 0.459 e. The van der Waals surface area contributed by atoms with Crippen molar-refractivity contribution >= 4 is 17.9 Å². The van der Waals surface area contributed by atoms with Crippen LogP contribution < -0.4 is 5.32 Å². The molecule has 1 aliphatic heterocycles. The van der Waals surface area contributed by atoms with Crippen LogP contribution in [0, 0.1) is 5.92 Å². The van der Waals surface area contributed by atoms with Crippen molar-refractivity contribution in [3.05, 3.63) is 72.4 Å². The number of carbonyl (C=O) groups is 3. The van der Waals surface area contributed by atoms with Gasteiger partial charge in [0, 0.05) is 17.3 Å². The Morgan fingerprint density at radius 3 is 2.51 bits per heavy atom. The summed E-state index contributed by atoms with van der Waals surface area (Å²) in [5, 5.41) is 7.58. The highest BCUT2D eigenvalue weighted by Crippen LogP contribution is 2.38. The molecule has 5 rings (SSSR count). The molecule has 1 saturated carbocycles. The summed E-state index contributed by atoms with van der Waals surface area (Å²) in [6, 6.07) is 18.8. The summed E-state index contributed by atoms with van der Waals surface area (Å²) in [5.74, 6) is -0.931. The fourth-order valence-corrected chi connectivity index (χ4v) is 5.04. The highest BCUT2D eigenvalue weighted by atomic mass is 16.5. The number of nitrogens with zero attached hydrogens (tertiary/aromatic N) is 3. The van der Waals surface area contributed by atoms with Gasteiger partial charge in [-0.05, 0) is 30.9 Å². The Labute approximate surface area is 203 Å². The second kappa shape index (κ2) is 9.37. The van der Waals surface area contributed by atoms with Crippen LogP contribution >= 0.6 is 0 Å². The molecule has 35 heavy (non-hydrogen) atoms. The molecule has 3 aromatic rings. The standard InChI is InChI=1S/C27H28N4O4/c1-19-10-8-9-15-27(19)25(33)30(26(34)28-27)17-23(32)35-18-21-16-31(22-13-6-3-7-14-22)29-24(21)20-11-4-2-5-12-20/h2-7,11-14,16,19H,8-10,15,17-18H2,1H3,(H,28,34). The second-order valence-electron chi connectivity index (χ2n) is 9.25. The van der Waals surface area contributed by atoms with Gasteiger partial charge in [0.25, 0.3) is 5.91 Å². The summed E-state index contributed by atoms with van der Waals surface area (Å²) in [7, 11) is 0. The fourth-order valence-electron chi connectivity index (χ4n) is 5.04. The van der Waals surface area contributed by atoms with Gasteiger partial charge in [0.1, 0.15) is 18.7 Å². The van der Waals surface area contributed by atoms with Crippen molar-refractivity contribution in [2.75, 3.05) is 6.54 Å². The first kappa shape index (κ1) is 22.8. The predicted molar refractivity (Wildman–Crippen MR) is 129 cm³/mol. The molecule has 8 nitrogen and oxygen atoms in total. The van der Waals surface area contributed by atoms with Crippen LogP contribution in [0.3, 0.4) is 0 Å². The highest BCUT2D eigenvalue weighted by Gasteiger charge is 2.55. The molecule has 1 saturated heterocycles. The fraction of sp³-hybridized carbons (Fsp3) is 0.333. The Bertz CT molecular complexity index is 1240. The Hall–Kier alpha value is -3.94. The van der Waals surface area contributed by atoms with Gasteiger partial charge in [-0.1, -0.05) is 68.3 Å². The molecule has 1 aliphatic carbocycles. The van der Waals surface area contributed by atoms with Crippen LogP contribution in [0.1, 0.15) is 38.2 Å². The van der Waals surface area contributed by atoms with Crippen LogP contribution in [0.25, 0.3) is 16.9 Å². The third kappa shape index (κ3) is 4.32. The quantitative estimate of drug-likeness (QED) is 0.431. The van der Waals surface area contributed by atoms with E-state index in [0.717, 1.165) is 41.0 Å². The smallest absolute Gasteiger partial charge is 0.326 e. The average molecular weight is 473 g/mol. The van der Waals surface area contributed by atoms with Crippen molar-refractivity contribution in [2.45, 2.75) is 44.8 Å². The van der Waals surface area contributed by atoms with Gasteiger partial charge >= 0.3 is 12.0 Å². The number of ether oxygens (including phenoxy) is 1. The summed E-state index contributed by atoms with van der Waals surface area (Å²) in [6.07, 6.45) is 5.22. The van der Waals surface area contributed by atoms with Crippen molar-refractivity contribution in [3.8, 4) is 16.9 Å². The summed E-state index contributed by atoms with van der Waals surface area (Å²) in [5.41, 5.74) is 2.31. The molecule has 1 spiro atoms. The first-order chi connectivity index (χ1) is 17.0. The maximum atomic E-state index is 13.1. The molecule has 2 fully saturated rings. The summed E-state index contributed by atoms with van der Waals surface area (Å²) >= 11 is 0. The molecular weight excluding hydrogens is 444 g/mol. The molecule has 0 bridgehead atoms. The lowest BCUT2D eigenvalue weighted by Crippen LogP contribution is -2.54. The van der Waals surface area contributed by atoms with Crippen molar-refractivity contribution in [1.29, 1.82) is 0 Å². The maximum absolute atomic E-state index is 13.1. The minimum absolute atomic E-state index is 0.0267. The van der Waals surface area contributed by atoms with E-state index in [-0.39, 0.29) is 18.4 Å². The van der Waals surface area contributed by atoms with Crippen LogP contribution in [0.2, 0.25) is 0 Å². The molecular formula is C27H28N4O4. The molecule has 8 heteroatoms. The number of hydrogen-bond acceptors (Lipinski definition) is 5. The number of imide groups is 1. The van der Waals surface area contributed by atoms with Gasteiger partial charge in [-0.15, -0.1) is 0 Å². The number of amides is 3. The third-order valence-corrected chi connectivity index (χ3v) is 7.04. The number of rotatable bonds is 6. The summed E-state index contributed by atoms with van der Waals surface area (Å²) in [6.45, 7) is 1.54. The van der Waals surface area contributed by atoms with E-state index < -0.39 is 24.1 Å². The van der Waals surface area contributed by atoms with E-state index in [1.807, 2.05) is 73.8 Å². The number of hydrogen-bond donors (Lipinski definition) is 1. The van der Waals surface area contributed by atoms with E-state index >= 15 is 0 Å². The Kier molecular flexibility index (Phi) is 6.11. The topological polar surface area (TPSA) is 93.5 Å². The number of nitrogens with one attached hydrogen (secondary N) is 1. The van der Waals surface area contributed by atoms with E-state index in [1.165, 1.54) is 0 Å². The molecule has 0 radical (unpaired) electrons. The molecule has 2 unspecified atom stereocenters. The van der Waals surface area contributed by atoms with Gasteiger partial charge in [0.05, 0.1) is 11.4 Å². The number of carbonyl (C=O) groups excluding carboxylic acids is 3. The maximum Gasteiger partial charge on any atom is 0.326 e. The lowest BCUT2D eigenvalue weighted by atomic mass is 9.73. The summed E-state index contributed by atoms with van der Waals surface area (Å²) < 4.78 is 7.28. The molecule has 2 heterocycles. The first-order valence-electron chi connectivity index (χ1n) is 12.0. The Balaban J connectivity index is 1.31. The number of benzene rings is 2. The molecule has 3 amide bonds. The van der Waals surface area contributed by atoms with Gasteiger partial charge in [0.15, 0.2) is 0 Å². The Morgan fingerprint density at radius 1 is 1.09 bits per heavy atom. The zero-order valence-corrected chi connectivity index (χ0v) is 19.6. The zero-order valence-electron chi connectivity index (χ0n) is 19.6. The number of urea groups is 1. The average Bonchev–Trinajstić information content (AvgIpc) is 3.41. The van der Waals surface area contributed by atoms with Crippen molar-refractivity contribution in [2.24, 2.45) is 5.92 Å². The van der Waals surface area contributed by atoms with Crippen LogP contribution in [-0.4, -0.2) is 44.7 Å². The highest BCUT2D eigenvalue weighted by molar-refractivity contribution is 6.09. The lowest BCUT2D eigenvalue weighted by Gasteiger charge is -2.36. The Morgan fingerprint density at radius 2 is 1.80 bits per heavy atom. The van der Waals surface area contributed by atoms with Crippen molar-refractivity contribution in [1.82, 2.24) is 20.0 Å². The van der Waals surface area contributed by atoms with E-state index in [4.69, 9.17) is 9.84 Å². The van der Waals surface area contributed by atoms with Gasteiger partial charge in [-0.25, -0.2) is 9.48 Å². The normalized spacial score (nSPS) is 21.9. The van der Waals surface area contributed by atoms with Gasteiger partial charge in [-0.3, -0.25) is 14.5 Å². The van der Waals surface area contributed by atoms with Crippen molar-refractivity contribution < 1.29 is 19.1 Å². The molecule has 2 aliphatic rings. The van der Waals surface area contributed by atoms with E-state index in [2.05, 4.69) is 5.32 Å². The third-order valence-electron chi connectivity index (χ3n) is 7.04. The number of para-hydroxylation sites is 1. The van der Waals surface area contributed by atoms with E-state index in [0.29, 0.717) is 12.1 Å². The van der Waals surface area contributed by atoms with Crippen LogP contribution in [0.5, 0.6) is 0 Å². The van der Waals surface area contributed by atoms with Crippen LogP contribution in [0.15, 0.2) is 66.9 Å². The summed E-state index contributed by atoms with van der Waals surface area (Å²) in [4.78, 5) is 39.4. The molecule has 1 aromatic heterocycles. The predicted octanol–water partition coefficient (Wildman–Crippen LogP) is 4.08. The van der Waals surface area contributed by atoms with Crippen LogP contribution in [-0.2, 0) is 20.9 Å². The minimum atomic E-state index is -0.896. The SMILES string of the molecule is CC1CCCCC12NC(=O)N(CC(=O)OCc1cn(-c3ccccc3)nc1-c1ccccc1)C2=O. The zero-order chi connectivity index (χ0) is 24.4. The minimum Gasteiger partial charge on any atom is -0.459 e. The molecule has 2 atom stereocenters.